The third kappa shape index (κ3) is 3.72. The Labute approximate surface area is 176 Å². The quantitative estimate of drug-likeness (QED) is 0.519. The first-order chi connectivity index (χ1) is 14.4. The van der Waals surface area contributed by atoms with Crippen molar-refractivity contribution in [3.05, 3.63) is 71.1 Å². The van der Waals surface area contributed by atoms with E-state index in [9.17, 15) is 9.59 Å². The molecule has 0 spiro atoms. The van der Waals surface area contributed by atoms with E-state index in [0.717, 1.165) is 16.6 Å². The fourth-order valence-electron chi connectivity index (χ4n) is 3.14. The summed E-state index contributed by atoms with van der Waals surface area (Å²) in [5, 5.41) is 15.0. The van der Waals surface area contributed by atoms with Gasteiger partial charge in [0.2, 0.25) is 5.91 Å². The molecule has 2 amide bonds. The van der Waals surface area contributed by atoms with E-state index in [2.05, 4.69) is 25.9 Å². The zero-order chi connectivity index (χ0) is 21.3. The number of nitrogens with zero attached hydrogens (tertiary/aromatic N) is 4. The lowest BCUT2D eigenvalue weighted by Gasteiger charge is -2.11. The summed E-state index contributed by atoms with van der Waals surface area (Å²) in [5.41, 5.74) is 3.11. The molecule has 2 heterocycles. The summed E-state index contributed by atoms with van der Waals surface area (Å²) < 4.78 is 1.60. The van der Waals surface area contributed by atoms with Crippen LogP contribution in [0, 0.1) is 6.92 Å². The zero-order valence-electron chi connectivity index (χ0n) is 16.2. The summed E-state index contributed by atoms with van der Waals surface area (Å²) in [6.45, 7) is 3.14. The molecule has 8 nitrogen and oxygen atoms in total. The van der Waals surface area contributed by atoms with Crippen LogP contribution in [0.15, 0.2) is 54.7 Å². The lowest BCUT2D eigenvalue weighted by molar-refractivity contribution is -0.114. The topological polar surface area (TPSA) is 102 Å². The Bertz CT molecular complexity index is 1280. The number of halogens is 1. The predicted molar refractivity (Wildman–Crippen MR) is 115 cm³/mol. The summed E-state index contributed by atoms with van der Waals surface area (Å²) in [4.78, 5) is 28.7. The zero-order valence-corrected chi connectivity index (χ0v) is 16.9. The molecule has 4 aromatic rings. The number of hydrogen-bond donors (Lipinski definition) is 2. The van der Waals surface area contributed by atoms with Gasteiger partial charge in [0.15, 0.2) is 5.69 Å². The molecule has 0 aliphatic heterocycles. The normalized spacial score (nSPS) is 10.8. The highest BCUT2D eigenvalue weighted by atomic mass is 35.5. The number of carbonyl (C=O) groups excluding carboxylic acids is 2. The van der Waals surface area contributed by atoms with Crippen LogP contribution in [0.4, 0.5) is 11.4 Å². The van der Waals surface area contributed by atoms with E-state index in [1.54, 1.807) is 36.0 Å². The number of anilines is 2. The number of carbonyl (C=O) groups is 2. The molecule has 0 fully saturated rings. The average molecular weight is 421 g/mol. The Morgan fingerprint density at radius 2 is 1.87 bits per heavy atom. The minimum Gasteiger partial charge on any atom is -0.325 e. The summed E-state index contributed by atoms with van der Waals surface area (Å²) in [7, 11) is 0. The Kier molecular flexibility index (Phi) is 5.16. The molecule has 2 aromatic carbocycles. The summed E-state index contributed by atoms with van der Waals surface area (Å²) >= 11 is 6.05. The van der Waals surface area contributed by atoms with E-state index in [4.69, 9.17) is 11.6 Å². The number of aromatic nitrogens is 4. The number of pyridine rings is 1. The standard InChI is InChI=1S/C21H17ClN6O2/c1-12-20(21(30)25-18-11-14(22)8-9-17(18)24-13(2)29)26-27-28(12)19-7-3-6-16-15(19)5-4-10-23-16/h3-11H,1-2H3,(H,24,29)(H,25,30). The van der Waals surface area contributed by atoms with Gasteiger partial charge in [0, 0.05) is 23.5 Å². The molecule has 0 unspecified atom stereocenters. The van der Waals surface area contributed by atoms with Crippen LogP contribution in [0.2, 0.25) is 5.02 Å². The molecular weight excluding hydrogens is 404 g/mol. The van der Waals surface area contributed by atoms with Crippen molar-refractivity contribution in [3.63, 3.8) is 0 Å². The Hall–Kier alpha value is -3.78. The Morgan fingerprint density at radius 3 is 2.67 bits per heavy atom. The first kappa shape index (κ1) is 19.5. The molecule has 0 aliphatic carbocycles. The summed E-state index contributed by atoms with van der Waals surface area (Å²) in [6, 6.07) is 14.2. The monoisotopic (exact) mass is 420 g/mol. The fourth-order valence-corrected chi connectivity index (χ4v) is 3.31. The van der Waals surface area contributed by atoms with Gasteiger partial charge in [0.25, 0.3) is 5.91 Å². The van der Waals surface area contributed by atoms with Gasteiger partial charge in [-0.15, -0.1) is 5.10 Å². The lowest BCUT2D eigenvalue weighted by Crippen LogP contribution is -2.16. The molecule has 0 aliphatic rings. The molecule has 0 radical (unpaired) electrons. The highest BCUT2D eigenvalue weighted by Gasteiger charge is 2.20. The van der Waals surface area contributed by atoms with Crippen molar-refractivity contribution in [2.24, 2.45) is 0 Å². The number of nitrogens with one attached hydrogen (secondary N) is 2. The second-order valence-electron chi connectivity index (χ2n) is 6.61. The highest BCUT2D eigenvalue weighted by molar-refractivity contribution is 6.31. The minimum atomic E-state index is -0.467. The number of rotatable bonds is 4. The van der Waals surface area contributed by atoms with E-state index >= 15 is 0 Å². The van der Waals surface area contributed by atoms with Gasteiger partial charge in [0.05, 0.1) is 28.3 Å². The molecule has 0 bridgehead atoms. The molecule has 4 rings (SSSR count). The van der Waals surface area contributed by atoms with Gasteiger partial charge in [-0.1, -0.05) is 22.9 Å². The van der Waals surface area contributed by atoms with Gasteiger partial charge < -0.3 is 10.6 Å². The molecule has 0 saturated carbocycles. The summed E-state index contributed by atoms with van der Waals surface area (Å²) in [6.07, 6.45) is 1.72. The van der Waals surface area contributed by atoms with Crippen molar-refractivity contribution in [1.82, 2.24) is 20.0 Å². The van der Waals surface area contributed by atoms with Crippen LogP contribution in [0.1, 0.15) is 23.1 Å². The van der Waals surface area contributed by atoms with Crippen LogP contribution in [0.25, 0.3) is 16.6 Å². The van der Waals surface area contributed by atoms with E-state index in [0.29, 0.717) is 22.1 Å². The van der Waals surface area contributed by atoms with Gasteiger partial charge in [-0.05, 0) is 49.4 Å². The largest absolute Gasteiger partial charge is 0.325 e. The molecule has 9 heteroatoms. The average Bonchev–Trinajstić information content (AvgIpc) is 3.10. The van der Waals surface area contributed by atoms with Crippen molar-refractivity contribution < 1.29 is 9.59 Å². The van der Waals surface area contributed by atoms with E-state index in [1.165, 1.54) is 6.92 Å². The van der Waals surface area contributed by atoms with Crippen molar-refractivity contribution >= 4 is 45.7 Å². The molecule has 2 aromatic heterocycles. The van der Waals surface area contributed by atoms with Crippen LogP contribution in [-0.2, 0) is 4.79 Å². The third-order valence-corrected chi connectivity index (χ3v) is 4.74. The van der Waals surface area contributed by atoms with E-state index in [1.807, 2.05) is 30.3 Å². The first-order valence-corrected chi connectivity index (χ1v) is 9.47. The minimum absolute atomic E-state index is 0.157. The Morgan fingerprint density at radius 1 is 1.03 bits per heavy atom. The predicted octanol–water partition coefficient (Wildman–Crippen LogP) is 3.99. The second kappa shape index (κ2) is 7.92. The van der Waals surface area contributed by atoms with E-state index in [-0.39, 0.29) is 11.6 Å². The van der Waals surface area contributed by atoms with Crippen LogP contribution in [0.5, 0.6) is 0 Å². The molecule has 0 atom stereocenters. The van der Waals surface area contributed by atoms with Crippen LogP contribution in [-0.4, -0.2) is 31.8 Å². The van der Waals surface area contributed by atoms with Crippen LogP contribution in [0.3, 0.4) is 0 Å². The van der Waals surface area contributed by atoms with Crippen molar-refractivity contribution in [3.8, 4) is 5.69 Å². The van der Waals surface area contributed by atoms with Gasteiger partial charge >= 0.3 is 0 Å². The number of benzene rings is 2. The van der Waals surface area contributed by atoms with Crippen molar-refractivity contribution in [1.29, 1.82) is 0 Å². The number of hydrogen-bond acceptors (Lipinski definition) is 5. The van der Waals surface area contributed by atoms with E-state index < -0.39 is 5.91 Å². The van der Waals surface area contributed by atoms with Gasteiger partial charge in [0.1, 0.15) is 0 Å². The van der Waals surface area contributed by atoms with Crippen molar-refractivity contribution in [2.75, 3.05) is 10.6 Å². The fraction of sp³-hybridized carbons (Fsp3) is 0.0952. The van der Waals surface area contributed by atoms with Gasteiger partial charge in [-0.2, -0.15) is 0 Å². The first-order valence-electron chi connectivity index (χ1n) is 9.09. The molecule has 2 N–H and O–H groups in total. The SMILES string of the molecule is CC(=O)Nc1ccc(Cl)cc1NC(=O)c1nnn(-c2cccc3ncccc23)c1C. The number of fused-ring (bicyclic) bond motifs is 1. The van der Waals surface area contributed by atoms with Crippen molar-refractivity contribution in [2.45, 2.75) is 13.8 Å². The third-order valence-electron chi connectivity index (χ3n) is 4.50. The maximum atomic E-state index is 12.9. The lowest BCUT2D eigenvalue weighted by atomic mass is 10.1. The van der Waals surface area contributed by atoms with Crippen LogP contribution >= 0.6 is 11.6 Å². The maximum absolute atomic E-state index is 12.9. The number of amides is 2. The highest BCUT2D eigenvalue weighted by Crippen LogP contribution is 2.27. The second-order valence-corrected chi connectivity index (χ2v) is 7.04. The smallest absolute Gasteiger partial charge is 0.278 e. The molecule has 30 heavy (non-hydrogen) atoms. The van der Waals surface area contributed by atoms with Crippen LogP contribution < -0.4 is 10.6 Å². The molecule has 150 valence electrons. The molecular formula is C21H17ClN6O2. The summed E-state index contributed by atoms with van der Waals surface area (Å²) in [5.74, 6) is -0.731. The van der Waals surface area contributed by atoms with Gasteiger partial charge in [-0.3, -0.25) is 14.6 Å². The van der Waals surface area contributed by atoms with Gasteiger partial charge in [-0.25, -0.2) is 4.68 Å². The maximum Gasteiger partial charge on any atom is 0.278 e. The molecule has 0 saturated heterocycles. The Balaban J connectivity index is 1.69.